The molecule has 0 saturated carbocycles. The van der Waals surface area contributed by atoms with Gasteiger partial charge in [-0.2, -0.15) is 0 Å². The number of piperidine rings is 1. The number of anilines is 1. The first kappa shape index (κ1) is 15.4. The van der Waals surface area contributed by atoms with Crippen LogP contribution in [-0.4, -0.2) is 18.6 Å². The summed E-state index contributed by atoms with van der Waals surface area (Å²) in [5.74, 6) is 0.788. The Kier molecular flexibility index (Phi) is 5.09. The highest BCUT2D eigenvalue weighted by Crippen LogP contribution is 2.31. The fourth-order valence-corrected chi connectivity index (χ4v) is 3.13. The van der Waals surface area contributed by atoms with Gasteiger partial charge < -0.3 is 10.2 Å². The smallest absolute Gasteiger partial charge is 0.0414 e. The zero-order valence-corrected chi connectivity index (χ0v) is 13.7. The minimum atomic E-state index is 0.529. The molecule has 0 aromatic heterocycles. The van der Waals surface area contributed by atoms with E-state index in [1.807, 2.05) is 0 Å². The lowest BCUT2D eigenvalue weighted by Crippen LogP contribution is -2.43. The van der Waals surface area contributed by atoms with E-state index < -0.39 is 0 Å². The maximum absolute atomic E-state index is 3.57. The zero-order valence-electron chi connectivity index (χ0n) is 13.7. The number of hydrogen-bond acceptors (Lipinski definition) is 2. The fraction of sp³-hybridized carbons (Fsp3) is 0.667. The van der Waals surface area contributed by atoms with E-state index in [9.17, 15) is 0 Å². The molecule has 0 spiro atoms. The molecule has 112 valence electrons. The van der Waals surface area contributed by atoms with Crippen LogP contribution in [0.4, 0.5) is 5.69 Å². The Morgan fingerprint density at radius 3 is 2.75 bits per heavy atom. The summed E-state index contributed by atoms with van der Waals surface area (Å²) in [5, 5.41) is 3.57. The highest BCUT2D eigenvalue weighted by molar-refractivity contribution is 5.56. The molecule has 1 heterocycles. The third-order valence-electron chi connectivity index (χ3n) is 4.62. The third-order valence-corrected chi connectivity index (χ3v) is 4.62. The van der Waals surface area contributed by atoms with Crippen molar-refractivity contribution >= 4 is 5.69 Å². The Balaban J connectivity index is 2.25. The van der Waals surface area contributed by atoms with Crippen molar-refractivity contribution in [3.8, 4) is 0 Å². The maximum Gasteiger partial charge on any atom is 0.0414 e. The number of hydrogen-bond donors (Lipinski definition) is 1. The van der Waals surface area contributed by atoms with Gasteiger partial charge in [-0.05, 0) is 44.2 Å². The van der Waals surface area contributed by atoms with Crippen LogP contribution in [0.15, 0.2) is 18.2 Å². The third kappa shape index (κ3) is 3.54. The molecular weight excluding hydrogens is 244 g/mol. The number of rotatable bonds is 4. The van der Waals surface area contributed by atoms with E-state index in [0.29, 0.717) is 12.1 Å². The average Bonchev–Trinajstić information content (AvgIpc) is 2.40. The van der Waals surface area contributed by atoms with Crippen LogP contribution in [0.1, 0.15) is 51.7 Å². The lowest BCUT2D eigenvalue weighted by atomic mass is 9.91. The molecule has 0 radical (unpaired) electrons. The minimum absolute atomic E-state index is 0.529. The SMILES string of the molecule is Cc1ccc(N2CCCC(C)C2C)c(CNC(C)C)c1. The van der Waals surface area contributed by atoms with Crippen LogP contribution in [-0.2, 0) is 6.54 Å². The van der Waals surface area contributed by atoms with Crippen LogP contribution in [0.5, 0.6) is 0 Å². The van der Waals surface area contributed by atoms with Gasteiger partial charge in [0.15, 0.2) is 0 Å². The van der Waals surface area contributed by atoms with Crippen LogP contribution in [0, 0.1) is 12.8 Å². The van der Waals surface area contributed by atoms with E-state index in [1.54, 1.807) is 0 Å². The topological polar surface area (TPSA) is 15.3 Å². The molecule has 1 aliphatic heterocycles. The molecule has 0 aliphatic carbocycles. The van der Waals surface area contributed by atoms with Gasteiger partial charge in [-0.25, -0.2) is 0 Å². The molecule has 1 saturated heterocycles. The Bertz CT molecular complexity index is 439. The molecular formula is C18H30N2. The molecule has 2 unspecified atom stereocenters. The van der Waals surface area contributed by atoms with Crippen LogP contribution < -0.4 is 10.2 Å². The molecule has 0 bridgehead atoms. The molecule has 2 nitrogen and oxygen atoms in total. The predicted octanol–water partition coefficient (Wildman–Crippen LogP) is 4.12. The van der Waals surface area contributed by atoms with Gasteiger partial charge in [0.25, 0.3) is 0 Å². The molecule has 1 fully saturated rings. The van der Waals surface area contributed by atoms with Gasteiger partial charge in [0.1, 0.15) is 0 Å². The van der Waals surface area contributed by atoms with E-state index in [1.165, 1.54) is 36.2 Å². The average molecular weight is 274 g/mol. The van der Waals surface area contributed by atoms with E-state index >= 15 is 0 Å². The van der Waals surface area contributed by atoms with Gasteiger partial charge in [0.2, 0.25) is 0 Å². The highest BCUT2D eigenvalue weighted by atomic mass is 15.2. The van der Waals surface area contributed by atoms with Gasteiger partial charge in [-0.3, -0.25) is 0 Å². The van der Waals surface area contributed by atoms with E-state index in [0.717, 1.165) is 12.5 Å². The molecule has 20 heavy (non-hydrogen) atoms. The molecule has 1 aromatic carbocycles. The first-order valence-electron chi connectivity index (χ1n) is 8.08. The van der Waals surface area contributed by atoms with Crippen molar-refractivity contribution in [1.29, 1.82) is 0 Å². The maximum atomic E-state index is 3.57. The van der Waals surface area contributed by atoms with Gasteiger partial charge in [-0.1, -0.05) is 38.5 Å². The molecule has 2 heteroatoms. The zero-order chi connectivity index (χ0) is 14.7. The lowest BCUT2D eigenvalue weighted by Gasteiger charge is -2.40. The van der Waals surface area contributed by atoms with Crippen LogP contribution in [0.25, 0.3) is 0 Å². The fourth-order valence-electron chi connectivity index (χ4n) is 3.13. The summed E-state index contributed by atoms with van der Waals surface area (Å²) in [6, 6.07) is 8.09. The van der Waals surface area contributed by atoms with Crippen molar-refractivity contribution in [2.75, 3.05) is 11.4 Å². The summed E-state index contributed by atoms with van der Waals surface area (Å²) in [4.78, 5) is 2.62. The molecule has 0 amide bonds. The summed E-state index contributed by atoms with van der Waals surface area (Å²) in [5.41, 5.74) is 4.23. The summed E-state index contributed by atoms with van der Waals surface area (Å²) in [6.45, 7) is 13.5. The van der Waals surface area contributed by atoms with Crippen molar-refractivity contribution in [2.24, 2.45) is 5.92 Å². The highest BCUT2D eigenvalue weighted by Gasteiger charge is 2.26. The Hall–Kier alpha value is -1.02. The second-order valence-electron chi connectivity index (χ2n) is 6.72. The first-order chi connectivity index (χ1) is 9.49. The monoisotopic (exact) mass is 274 g/mol. The van der Waals surface area contributed by atoms with E-state index in [-0.39, 0.29) is 0 Å². The standard InChI is InChI=1S/C18H30N2/c1-13(2)19-12-17-11-14(3)8-9-18(17)20-10-6-7-15(4)16(20)5/h8-9,11,13,15-16,19H,6-7,10,12H2,1-5H3. The molecule has 1 aliphatic rings. The molecule has 1 aromatic rings. The van der Waals surface area contributed by atoms with Gasteiger partial charge in [-0.15, -0.1) is 0 Å². The summed E-state index contributed by atoms with van der Waals surface area (Å²) in [7, 11) is 0. The van der Waals surface area contributed by atoms with Crippen molar-refractivity contribution < 1.29 is 0 Å². The largest absolute Gasteiger partial charge is 0.368 e. The van der Waals surface area contributed by atoms with Crippen LogP contribution >= 0.6 is 0 Å². The summed E-state index contributed by atoms with van der Waals surface area (Å²) < 4.78 is 0. The van der Waals surface area contributed by atoms with Crippen molar-refractivity contribution in [1.82, 2.24) is 5.32 Å². The van der Waals surface area contributed by atoms with Gasteiger partial charge in [0, 0.05) is 30.9 Å². The second-order valence-corrected chi connectivity index (χ2v) is 6.72. The number of nitrogens with one attached hydrogen (secondary N) is 1. The first-order valence-corrected chi connectivity index (χ1v) is 8.08. The normalized spacial score (nSPS) is 23.4. The summed E-state index contributed by atoms with van der Waals surface area (Å²) in [6.07, 6.45) is 2.68. The minimum Gasteiger partial charge on any atom is -0.368 e. The number of nitrogens with zero attached hydrogens (tertiary/aromatic N) is 1. The van der Waals surface area contributed by atoms with Gasteiger partial charge >= 0.3 is 0 Å². The molecule has 2 rings (SSSR count). The summed E-state index contributed by atoms with van der Waals surface area (Å²) >= 11 is 0. The number of benzene rings is 1. The molecule has 1 N–H and O–H groups in total. The van der Waals surface area contributed by atoms with Crippen molar-refractivity contribution in [3.63, 3.8) is 0 Å². The van der Waals surface area contributed by atoms with Crippen molar-refractivity contribution in [2.45, 2.75) is 66.1 Å². The lowest BCUT2D eigenvalue weighted by molar-refractivity contribution is 0.363. The van der Waals surface area contributed by atoms with E-state index in [4.69, 9.17) is 0 Å². The number of aryl methyl sites for hydroxylation is 1. The Labute approximate surface area is 124 Å². The Morgan fingerprint density at radius 1 is 1.30 bits per heavy atom. The predicted molar refractivity (Wildman–Crippen MR) is 88.4 cm³/mol. The van der Waals surface area contributed by atoms with Crippen molar-refractivity contribution in [3.05, 3.63) is 29.3 Å². The van der Waals surface area contributed by atoms with Gasteiger partial charge in [0.05, 0.1) is 0 Å². The molecule has 2 atom stereocenters. The quantitative estimate of drug-likeness (QED) is 0.888. The van der Waals surface area contributed by atoms with Crippen LogP contribution in [0.2, 0.25) is 0 Å². The Morgan fingerprint density at radius 2 is 2.05 bits per heavy atom. The second kappa shape index (κ2) is 6.62. The van der Waals surface area contributed by atoms with Crippen LogP contribution in [0.3, 0.4) is 0 Å². The van der Waals surface area contributed by atoms with E-state index in [2.05, 4.69) is 63.0 Å².